The number of nitrogens with zero attached hydrogens (tertiary/aromatic N) is 4. The molecule has 0 saturated carbocycles. The summed E-state index contributed by atoms with van der Waals surface area (Å²) in [5, 5.41) is 22.4. The van der Waals surface area contributed by atoms with Crippen LogP contribution in [0.1, 0.15) is 43.0 Å². The molecule has 2 aliphatic rings. The van der Waals surface area contributed by atoms with Crippen LogP contribution in [0.15, 0.2) is 41.0 Å². The van der Waals surface area contributed by atoms with Crippen molar-refractivity contribution >= 4 is 28.2 Å². The quantitative estimate of drug-likeness (QED) is 0.778. The summed E-state index contributed by atoms with van der Waals surface area (Å²) >= 11 is 1.45. The smallest absolute Gasteiger partial charge is 0.323 e. The minimum atomic E-state index is -0.468. The highest BCUT2D eigenvalue weighted by Gasteiger charge is 2.27. The lowest BCUT2D eigenvalue weighted by atomic mass is 9.94. The molecule has 7 nitrogen and oxygen atoms in total. The van der Waals surface area contributed by atoms with E-state index in [-0.39, 0.29) is 11.9 Å². The Morgan fingerprint density at radius 3 is 2.93 bits per heavy atom. The molecule has 0 radical (unpaired) electrons. The summed E-state index contributed by atoms with van der Waals surface area (Å²) in [4.78, 5) is 24.5. The highest BCUT2D eigenvalue weighted by Crippen LogP contribution is 2.40. The summed E-state index contributed by atoms with van der Waals surface area (Å²) in [6.07, 6.45) is 3.04. The lowest BCUT2D eigenvalue weighted by Crippen LogP contribution is -2.33. The number of amides is 2. The molecule has 30 heavy (non-hydrogen) atoms. The number of benzene rings is 1. The number of aliphatic hydroxyl groups excluding tert-OH is 1. The Hall–Kier alpha value is -3.02. The third kappa shape index (κ3) is 4.27. The Kier molecular flexibility index (Phi) is 5.66. The first-order chi connectivity index (χ1) is 14.4. The fourth-order valence-electron chi connectivity index (χ4n) is 3.90. The zero-order chi connectivity index (χ0) is 21.3. The topological polar surface area (TPSA) is 102 Å². The van der Waals surface area contributed by atoms with Crippen molar-refractivity contribution in [1.29, 1.82) is 5.26 Å². The van der Waals surface area contributed by atoms with E-state index in [9.17, 15) is 15.2 Å². The van der Waals surface area contributed by atoms with E-state index in [4.69, 9.17) is 4.98 Å². The second kappa shape index (κ2) is 8.38. The van der Waals surface area contributed by atoms with E-state index in [1.54, 1.807) is 11.0 Å². The van der Waals surface area contributed by atoms with Crippen LogP contribution >= 0.6 is 11.3 Å². The Morgan fingerprint density at radius 2 is 2.23 bits per heavy atom. The molecule has 2 amide bonds. The molecule has 1 aromatic carbocycles. The van der Waals surface area contributed by atoms with Crippen LogP contribution in [0.5, 0.6) is 0 Å². The lowest BCUT2D eigenvalue weighted by Gasteiger charge is -2.18. The van der Waals surface area contributed by atoms with Gasteiger partial charge in [0.05, 0.1) is 23.4 Å². The zero-order valence-corrected chi connectivity index (χ0v) is 17.7. The van der Waals surface area contributed by atoms with Crippen molar-refractivity contribution in [3.63, 3.8) is 0 Å². The number of hydrogen-bond acceptors (Lipinski definition) is 6. The number of carbonyl (C=O) groups excluding carboxylic acids is 1. The first kappa shape index (κ1) is 20.3. The molecule has 1 unspecified atom stereocenters. The number of aliphatic hydroxyl groups is 1. The predicted octanol–water partition coefficient (Wildman–Crippen LogP) is 4.13. The van der Waals surface area contributed by atoms with Crippen molar-refractivity contribution in [2.24, 2.45) is 4.99 Å². The largest absolute Gasteiger partial charge is 0.391 e. The molecule has 3 heterocycles. The number of rotatable bonds is 3. The summed E-state index contributed by atoms with van der Waals surface area (Å²) in [6.45, 7) is 4.86. The molecule has 2 aromatic rings. The number of hydrogen-bond donors (Lipinski definition) is 2. The average molecular weight is 422 g/mol. The fraction of sp³-hybridized carbons (Fsp3) is 0.364. The van der Waals surface area contributed by atoms with Gasteiger partial charge < -0.3 is 10.0 Å². The maximum Gasteiger partial charge on any atom is 0.323 e. The molecule has 8 heteroatoms. The van der Waals surface area contributed by atoms with Crippen LogP contribution in [-0.2, 0) is 0 Å². The van der Waals surface area contributed by atoms with Crippen LogP contribution in [0.25, 0.3) is 11.3 Å². The van der Waals surface area contributed by atoms with Gasteiger partial charge in [0, 0.05) is 40.9 Å². The minimum absolute atomic E-state index is 0.111. The summed E-state index contributed by atoms with van der Waals surface area (Å²) in [6, 6.07) is 9.28. The van der Waals surface area contributed by atoms with Crippen molar-refractivity contribution in [2.75, 3.05) is 18.4 Å². The molecule has 1 aromatic heterocycles. The van der Waals surface area contributed by atoms with E-state index in [1.807, 2.05) is 32.0 Å². The monoisotopic (exact) mass is 421 g/mol. The van der Waals surface area contributed by atoms with Crippen LogP contribution in [0.2, 0.25) is 0 Å². The van der Waals surface area contributed by atoms with Gasteiger partial charge in [-0.2, -0.15) is 5.26 Å². The van der Waals surface area contributed by atoms with Gasteiger partial charge >= 0.3 is 6.03 Å². The molecule has 1 saturated heterocycles. The number of thiazole rings is 1. The number of β-amino-alcohol motifs (C(OH)–C–C–N with tert-alkyl or cyclic N) is 1. The van der Waals surface area contributed by atoms with Crippen LogP contribution in [0.3, 0.4) is 0 Å². The standard InChI is InChI=1S/C22H23N5O2S/c1-13-8-17(9-14(2)24-13)20-19(16-5-3-4-15(10-16)11-23)25-21(30-20)26-22(29)27-7-6-18(28)12-27/h3-5,8,10,17-18,28H,6-7,9,12H2,1-2H3,(H,25,26,29)/t17?,18-/m0/s1. The van der Waals surface area contributed by atoms with E-state index in [1.165, 1.54) is 11.3 Å². The van der Waals surface area contributed by atoms with Crippen LogP contribution in [0.4, 0.5) is 9.93 Å². The molecule has 154 valence electrons. The number of urea groups is 1. The highest BCUT2D eigenvalue weighted by molar-refractivity contribution is 7.16. The number of aromatic nitrogens is 1. The van der Waals surface area contributed by atoms with Gasteiger partial charge in [-0.25, -0.2) is 9.78 Å². The number of anilines is 1. The van der Waals surface area contributed by atoms with Gasteiger partial charge in [-0.15, -0.1) is 11.3 Å². The van der Waals surface area contributed by atoms with Crippen molar-refractivity contribution in [3.05, 3.63) is 46.5 Å². The summed E-state index contributed by atoms with van der Waals surface area (Å²) in [7, 11) is 0. The molecule has 0 aliphatic carbocycles. The van der Waals surface area contributed by atoms with E-state index in [2.05, 4.69) is 22.5 Å². The number of carbonyl (C=O) groups is 1. The second-order valence-corrected chi connectivity index (χ2v) is 8.74. The molecule has 4 rings (SSSR count). The van der Waals surface area contributed by atoms with Gasteiger partial charge in [-0.3, -0.25) is 10.3 Å². The Labute approximate surface area is 179 Å². The van der Waals surface area contributed by atoms with Crippen LogP contribution < -0.4 is 5.32 Å². The summed E-state index contributed by atoms with van der Waals surface area (Å²) < 4.78 is 0. The first-order valence-corrected chi connectivity index (χ1v) is 10.7. The summed E-state index contributed by atoms with van der Waals surface area (Å²) in [5.41, 5.74) is 4.21. The molecule has 2 N–H and O–H groups in total. The zero-order valence-electron chi connectivity index (χ0n) is 16.9. The molecular weight excluding hydrogens is 398 g/mol. The van der Waals surface area contributed by atoms with Crippen LogP contribution in [-0.4, -0.2) is 45.9 Å². The molecular formula is C22H23N5O2S. The first-order valence-electron chi connectivity index (χ1n) is 9.91. The van der Waals surface area contributed by atoms with E-state index in [0.717, 1.165) is 34.0 Å². The number of nitriles is 1. The predicted molar refractivity (Wildman–Crippen MR) is 118 cm³/mol. The molecule has 0 bridgehead atoms. The van der Waals surface area contributed by atoms with E-state index >= 15 is 0 Å². The number of likely N-dealkylation sites (tertiary alicyclic amines) is 1. The number of nitrogens with one attached hydrogen (secondary N) is 1. The van der Waals surface area contributed by atoms with Gasteiger partial charge in [0.15, 0.2) is 5.13 Å². The minimum Gasteiger partial charge on any atom is -0.391 e. The maximum absolute atomic E-state index is 12.6. The van der Waals surface area contributed by atoms with Crippen LogP contribution in [0, 0.1) is 11.3 Å². The number of aliphatic imine (C=N–C) groups is 1. The van der Waals surface area contributed by atoms with E-state index in [0.29, 0.717) is 30.2 Å². The van der Waals surface area contributed by atoms with Gasteiger partial charge in [0.1, 0.15) is 0 Å². The van der Waals surface area contributed by atoms with Gasteiger partial charge in [-0.1, -0.05) is 18.2 Å². The van der Waals surface area contributed by atoms with Gasteiger partial charge in [0.25, 0.3) is 0 Å². The molecule has 2 atom stereocenters. The fourth-order valence-corrected chi connectivity index (χ4v) is 4.94. The average Bonchev–Trinajstić information content (AvgIpc) is 3.34. The maximum atomic E-state index is 12.6. The van der Waals surface area contributed by atoms with Crippen molar-refractivity contribution in [1.82, 2.24) is 9.88 Å². The van der Waals surface area contributed by atoms with Crippen molar-refractivity contribution in [2.45, 2.75) is 38.7 Å². The van der Waals surface area contributed by atoms with Gasteiger partial charge in [0.2, 0.25) is 0 Å². The third-order valence-corrected chi connectivity index (χ3v) is 6.35. The van der Waals surface area contributed by atoms with Crippen molar-refractivity contribution in [3.8, 4) is 17.3 Å². The lowest BCUT2D eigenvalue weighted by molar-refractivity contribution is 0.176. The summed E-state index contributed by atoms with van der Waals surface area (Å²) in [5.74, 6) is 0.111. The molecule has 1 fully saturated rings. The highest BCUT2D eigenvalue weighted by atomic mass is 32.1. The molecule has 0 spiro atoms. The molecule has 2 aliphatic heterocycles. The normalized spacial score (nSPS) is 21.1. The van der Waals surface area contributed by atoms with E-state index < -0.39 is 6.10 Å². The Morgan fingerprint density at radius 1 is 1.40 bits per heavy atom. The number of allylic oxidation sites excluding steroid dienone is 2. The van der Waals surface area contributed by atoms with Gasteiger partial charge in [-0.05, 0) is 38.8 Å². The van der Waals surface area contributed by atoms with Crippen molar-refractivity contribution < 1.29 is 9.90 Å². The third-order valence-electron chi connectivity index (χ3n) is 5.24. The SMILES string of the molecule is CC1=CC(c2sc(NC(=O)N3CC[C@H](O)C3)nc2-c2cccc(C#N)c2)CC(C)=N1. The Balaban J connectivity index is 1.69. The Bertz CT molecular complexity index is 1080. The second-order valence-electron chi connectivity index (χ2n) is 7.71.